The maximum Gasteiger partial charge on any atom is 0.237 e. The molecule has 138 valence electrons. The Bertz CT molecular complexity index is 568. The lowest BCUT2D eigenvalue weighted by molar-refractivity contribution is -0.132. The molecule has 2 saturated heterocycles. The van der Waals surface area contributed by atoms with Gasteiger partial charge in [-0.05, 0) is 50.6 Å². The number of piperidine rings is 1. The van der Waals surface area contributed by atoms with Crippen molar-refractivity contribution in [1.29, 1.82) is 0 Å². The van der Waals surface area contributed by atoms with Gasteiger partial charge in [0.05, 0.1) is 19.2 Å². The van der Waals surface area contributed by atoms with Crippen LogP contribution in [-0.4, -0.2) is 60.7 Å². The second-order valence-corrected chi connectivity index (χ2v) is 8.52. The van der Waals surface area contributed by atoms with Gasteiger partial charge in [0.1, 0.15) is 5.01 Å². The summed E-state index contributed by atoms with van der Waals surface area (Å²) in [5.74, 6) is 0.202. The van der Waals surface area contributed by atoms with Gasteiger partial charge >= 0.3 is 0 Å². The lowest BCUT2D eigenvalue weighted by atomic mass is 9.93. The van der Waals surface area contributed by atoms with Crippen LogP contribution in [0.5, 0.6) is 0 Å². The normalized spacial score (nSPS) is 27.5. The third kappa shape index (κ3) is 4.05. The third-order valence-electron chi connectivity index (χ3n) is 5.90. The molecule has 3 fully saturated rings. The van der Waals surface area contributed by atoms with E-state index in [1.807, 2.05) is 11.6 Å². The van der Waals surface area contributed by atoms with Crippen molar-refractivity contribution in [3.63, 3.8) is 0 Å². The van der Waals surface area contributed by atoms with Crippen LogP contribution in [0.2, 0.25) is 0 Å². The molecule has 1 saturated carbocycles. The summed E-state index contributed by atoms with van der Waals surface area (Å²) in [6.45, 7) is 4.83. The van der Waals surface area contributed by atoms with Gasteiger partial charge in [0.2, 0.25) is 5.91 Å². The van der Waals surface area contributed by atoms with Crippen LogP contribution in [0.15, 0.2) is 11.6 Å². The standard InChI is InChI=1S/C18H28N4O2S/c23-17(12-20-11-14-2-1-8-24-14)22(13-16-21-7-9-25-16)15-10-18(15)3-5-19-6-4-18/h7,9,14-15,19-20H,1-6,8,10-13H2. The Kier molecular flexibility index (Phi) is 5.36. The SMILES string of the molecule is O=C(CNCC1CCCO1)N(Cc1nccs1)C1CC12CCNCC2. The molecule has 3 heterocycles. The quantitative estimate of drug-likeness (QED) is 0.765. The summed E-state index contributed by atoms with van der Waals surface area (Å²) >= 11 is 1.64. The number of aromatic nitrogens is 1. The van der Waals surface area contributed by atoms with Crippen LogP contribution in [0.3, 0.4) is 0 Å². The van der Waals surface area contributed by atoms with Gasteiger partial charge in [-0.1, -0.05) is 0 Å². The summed E-state index contributed by atoms with van der Waals surface area (Å²) in [7, 11) is 0. The number of rotatable bonds is 7. The molecule has 1 amide bonds. The Morgan fingerprint density at radius 2 is 2.36 bits per heavy atom. The molecule has 2 atom stereocenters. The van der Waals surface area contributed by atoms with E-state index >= 15 is 0 Å². The fraction of sp³-hybridized carbons (Fsp3) is 0.778. The number of hydrogen-bond acceptors (Lipinski definition) is 6. The molecule has 2 N–H and O–H groups in total. The summed E-state index contributed by atoms with van der Waals surface area (Å²) < 4.78 is 5.63. The first-order chi connectivity index (χ1) is 12.3. The number of carbonyl (C=O) groups excluding carboxylic acids is 1. The molecular formula is C18H28N4O2S. The fourth-order valence-corrected chi connectivity index (χ4v) is 4.94. The van der Waals surface area contributed by atoms with Crippen LogP contribution in [0, 0.1) is 5.41 Å². The van der Waals surface area contributed by atoms with Crippen LogP contribution >= 0.6 is 11.3 Å². The molecule has 6 nitrogen and oxygen atoms in total. The first-order valence-corrected chi connectivity index (χ1v) is 10.4. The van der Waals surface area contributed by atoms with E-state index in [1.54, 1.807) is 11.3 Å². The van der Waals surface area contributed by atoms with E-state index in [-0.39, 0.29) is 12.0 Å². The van der Waals surface area contributed by atoms with E-state index in [9.17, 15) is 4.79 Å². The lowest BCUT2D eigenvalue weighted by Gasteiger charge is -2.29. The minimum Gasteiger partial charge on any atom is -0.377 e. The molecule has 7 heteroatoms. The van der Waals surface area contributed by atoms with Crippen LogP contribution in [0.4, 0.5) is 0 Å². The Morgan fingerprint density at radius 1 is 1.48 bits per heavy atom. The van der Waals surface area contributed by atoms with Crippen molar-refractivity contribution in [3.8, 4) is 0 Å². The summed E-state index contributed by atoms with van der Waals surface area (Å²) in [6.07, 6.45) is 7.85. The minimum absolute atomic E-state index is 0.202. The van der Waals surface area contributed by atoms with E-state index in [0.29, 0.717) is 24.5 Å². The van der Waals surface area contributed by atoms with Gasteiger partial charge in [-0.25, -0.2) is 4.98 Å². The van der Waals surface area contributed by atoms with Crippen LogP contribution in [0.25, 0.3) is 0 Å². The highest BCUT2D eigenvalue weighted by molar-refractivity contribution is 7.09. The fourth-order valence-electron chi connectivity index (χ4n) is 4.32. The van der Waals surface area contributed by atoms with Crippen molar-refractivity contribution >= 4 is 17.2 Å². The third-order valence-corrected chi connectivity index (χ3v) is 6.67. The van der Waals surface area contributed by atoms with Gasteiger partial charge in [-0.3, -0.25) is 4.79 Å². The van der Waals surface area contributed by atoms with Crippen molar-refractivity contribution in [2.24, 2.45) is 5.41 Å². The summed E-state index contributed by atoms with van der Waals surface area (Å²) in [6, 6.07) is 0.385. The molecule has 4 rings (SSSR count). The smallest absolute Gasteiger partial charge is 0.237 e. The van der Waals surface area contributed by atoms with Crippen LogP contribution < -0.4 is 10.6 Å². The largest absolute Gasteiger partial charge is 0.377 e. The summed E-state index contributed by atoms with van der Waals surface area (Å²) in [5.41, 5.74) is 0.354. The van der Waals surface area contributed by atoms with E-state index in [4.69, 9.17) is 4.74 Å². The zero-order chi connectivity index (χ0) is 17.1. The van der Waals surface area contributed by atoms with E-state index in [2.05, 4.69) is 20.5 Å². The molecule has 2 aliphatic heterocycles. The first kappa shape index (κ1) is 17.4. The van der Waals surface area contributed by atoms with Gasteiger partial charge in [-0.2, -0.15) is 0 Å². The van der Waals surface area contributed by atoms with E-state index < -0.39 is 0 Å². The Morgan fingerprint density at radius 3 is 3.08 bits per heavy atom. The van der Waals surface area contributed by atoms with Crippen molar-refractivity contribution in [3.05, 3.63) is 16.6 Å². The van der Waals surface area contributed by atoms with Crippen LogP contribution in [-0.2, 0) is 16.1 Å². The monoisotopic (exact) mass is 364 g/mol. The zero-order valence-electron chi connectivity index (χ0n) is 14.7. The molecule has 1 aromatic heterocycles. The number of nitrogens with zero attached hydrogens (tertiary/aromatic N) is 2. The second kappa shape index (κ2) is 7.70. The first-order valence-electron chi connectivity index (χ1n) is 9.48. The highest BCUT2D eigenvalue weighted by Gasteiger charge is 2.57. The molecule has 0 bridgehead atoms. The number of thiazole rings is 1. The molecule has 0 radical (unpaired) electrons. The van der Waals surface area contributed by atoms with E-state index in [0.717, 1.165) is 50.5 Å². The summed E-state index contributed by atoms with van der Waals surface area (Å²) in [4.78, 5) is 19.4. The molecule has 1 spiro atoms. The highest BCUT2D eigenvalue weighted by atomic mass is 32.1. The predicted molar refractivity (Wildman–Crippen MR) is 97.4 cm³/mol. The average Bonchev–Trinajstić information content (AvgIpc) is 3.07. The van der Waals surface area contributed by atoms with Gasteiger partial charge < -0.3 is 20.3 Å². The zero-order valence-corrected chi connectivity index (χ0v) is 15.5. The van der Waals surface area contributed by atoms with Crippen molar-refractivity contribution in [2.45, 2.75) is 50.8 Å². The Labute approximate surface area is 153 Å². The number of ether oxygens (including phenoxy) is 1. The number of nitrogens with one attached hydrogen (secondary N) is 2. The number of hydrogen-bond donors (Lipinski definition) is 2. The Hall–Kier alpha value is -1.02. The minimum atomic E-state index is 0.202. The van der Waals surface area contributed by atoms with Gasteiger partial charge in [-0.15, -0.1) is 11.3 Å². The topological polar surface area (TPSA) is 66.5 Å². The number of amides is 1. The molecule has 1 aromatic rings. The van der Waals surface area contributed by atoms with Gasteiger partial charge in [0, 0.05) is 30.8 Å². The van der Waals surface area contributed by atoms with Gasteiger partial charge in [0.25, 0.3) is 0 Å². The molecule has 2 unspecified atom stereocenters. The predicted octanol–water partition coefficient (Wildman–Crippen LogP) is 1.38. The molecule has 1 aliphatic carbocycles. The van der Waals surface area contributed by atoms with Crippen molar-refractivity contribution in [2.75, 3.05) is 32.8 Å². The number of carbonyl (C=O) groups is 1. The Balaban J connectivity index is 1.35. The highest BCUT2D eigenvalue weighted by Crippen LogP contribution is 2.56. The summed E-state index contributed by atoms with van der Waals surface area (Å²) in [5, 5.41) is 9.77. The molecule has 0 aromatic carbocycles. The second-order valence-electron chi connectivity index (χ2n) is 7.55. The maximum atomic E-state index is 12.9. The molecular weight excluding hydrogens is 336 g/mol. The van der Waals surface area contributed by atoms with Crippen molar-refractivity contribution < 1.29 is 9.53 Å². The molecule has 25 heavy (non-hydrogen) atoms. The lowest BCUT2D eigenvalue weighted by Crippen LogP contribution is -2.43. The maximum absolute atomic E-state index is 12.9. The van der Waals surface area contributed by atoms with Gasteiger partial charge in [0.15, 0.2) is 0 Å². The average molecular weight is 365 g/mol. The molecule has 3 aliphatic rings. The van der Waals surface area contributed by atoms with Crippen molar-refractivity contribution in [1.82, 2.24) is 20.5 Å². The van der Waals surface area contributed by atoms with Crippen LogP contribution in [0.1, 0.15) is 37.1 Å². The van der Waals surface area contributed by atoms with E-state index in [1.165, 1.54) is 12.8 Å².